The average molecular weight is 439 g/mol. The summed E-state index contributed by atoms with van der Waals surface area (Å²) >= 11 is 0. The minimum absolute atomic E-state index is 0.266. The van der Waals surface area contributed by atoms with Crippen LogP contribution in [0.3, 0.4) is 0 Å². The van der Waals surface area contributed by atoms with E-state index in [1.807, 2.05) is 67.0 Å². The molecule has 33 heavy (non-hydrogen) atoms. The van der Waals surface area contributed by atoms with E-state index in [-0.39, 0.29) is 12.1 Å². The third-order valence-corrected chi connectivity index (χ3v) is 6.76. The van der Waals surface area contributed by atoms with Crippen LogP contribution < -0.4 is 15.4 Å². The molecule has 1 saturated carbocycles. The Hall–Kier alpha value is -3.80. The Balaban J connectivity index is 1.23. The second kappa shape index (κ2) is 8.28. The Morgan fingerprint density at radius 3 is 2.33 bits per heavy atom. The molecule has 2 N–H and O–H groups in total. The third-order valence-electron chi connectivity index (χ3n) is 6.76. The second-order valence-electron chi connectivity index (χ2n) is 8.86. The van der Waals surface area contributed by atoms with E-state index in [9.17, 15) is 4.79 Å². The first-order valence-electron chi connectivity index (χ1n) is 11.7. The van der Waals surface area contributed by atoms with Crippen molar-refractivity contribution >= 4 is 22.8 Å². The van der Waals surface area contributed by atoms with E-state index in [2.05, 4.69) is 26.3 Å². The van der Waals surface area contributed by atoms with Gasteiger partial charge in [0.05, 0.1) is 23.4 Å². The minimum atomic E-state index is -0.291. The SMILES string of the molecule is O=C(Nc1ccc2c(c1)ncn2C1CCCCC1)NC1c2ccccc2Oc2ccccc21. The highest BCUT2D eigenvalue weighted by Gasteiger charge is 2.28. The van der Waals surface area contributed by atoms with Gasteiger partial charge in [-0.15, -0.1) is 0 Å². The highest BCUT2D eigenvalue weighted by atomic mass is 16.5. The Morgan fingerprint density at radius 1 is 0.909 bits per heavy atom. The maximum atomic E-state index is 13.0. The van der Waals surface area contributed by atoms with E-state index in [1.165, 1.54) is 32.1 Å². The molecular weight excluding hydrogens is 412 g/mol. The van der Waals surface area contributed by atoms with Crippen LogP contribution in [0.25, 0.3) is 11.0 Å². The number of ether oxygens (including phenoxy) is 1. The number of carbonyl (C=O) groups excluding carboxylic acids is 1. The van der Waals surface area contributed by atoms with Crippen molar-refractivity contribution in [2.24, 2.45) is 0 Å². The van der Waals surface area contributed by atoms with Gasteiger partial charge in [-0.05, 0) is 43.2 Å². The van der Waals surface area contributed by atoms with E-state index in [0.717, 1.165) is 39.3 Å². The first-order chi connectivity index (χ1) is 16.3. The summed E-state index contributed by atoms with van der Waals surface area (Å²) in [5, 5.41) is 6.12. The molecule has 0 spiro atoms. The number of carbonyl (C=O) groups is 1. The van der Waals surface area contributed by atoms with Gasteiger partial charge in [-0.25, -0.2) is 9.78 Å². The van der Waals surface area contributed by atoms with Crippen molar-refractivity contribution in [2.45, 2.75) is 44.2 Å². The van der Waals surface area contributed by atoms with Gasteiger partial charge in [0.15, 0.2) is 0 Å². The molecule has 1 aliphatic carbocycles. The van der Waals surface area contributed by atoms with Crippen LogP contribution in [0.1, 0.15) is 55.3 Å². The lowest BCUT2D eigenvalue weighted by molar-refractivity contribution is 0.249. The van der Waals surface area contributed by atoms with Crippen LogP contribution in [0, 0.1) is 0 Å². The number of imidazole rings is 1. The standard InChI is InChI=1S/C27H26N4O2/c32-27(30-26-20-10-4-6-12-24(20)33-25-13-7-5-11-21(25)26)29-18-14-15-23-22(16-18)28-17-31(23)19-8-2-1-3-9-19/h4-7,10-17,19,26H,1-3,8-9H2,(H2,29,30,32). The molecule has 2 heterocycles. The van der Waals surface area contributed by atoms with E-state index in [4.69, 9.17) is 4.74 Å². The molecule has 6 rings (SSSR count). The predicted octanol–water partition coefficient (Wildman–Crippen LogP) is 6.56. The van der Waals surface area contributed by atoms with Crippen molar-refractivity contribution in [1.29, 1.82) is 0 Å². The largest absolute Gasteiger partial charge is 0.457 e. The average Bonchev–Trinajstić information content (AvgIpc) is 3.28. The molecule has 0 radical (unpaired) electrons. The van der Waals surface area contributed by atoms with Crippen LogP contribution in [0.5, 0.6) is 11.5 Å². The van der Waals surface area contributed by atoms with Gasteiger partial charge in [0.25, 0.3) is 0 Å². The molecule has 2 aliphatic rings. The molecular formula is C27H26N4O2. The monoisotopic (exact) mass is 438 g/mol. The van der Waals surface area contributed by atoms with Crippen molar-refractivity contribution in [3.8, 4) is 11.5 Å². The molecule has 6 heteroatoms. The lowest BCUT2D eigenvalue weighted by Gasteiger charge is -2.28. The fourth-order valence-electron chi connectivity index (χ4n) is 5.12. The van der Waals surface area contributed by atoms with Crippen molar-refractivity contribution in [1.82, 2.24) is 14.9 Å². The normalized spacial score (nSPS) is 16.0. The van der Waals surface area contributed by atoms with Crippen molar-refractivity contribution in [3.05, 3.63) is 84.2 Å². The molecule has 3 aromatic carbocycles. The van der Waals surface area contributed by atoms with Crippen LogP contribution in [0.4, 0.5) is 10.5 Å². The van der Waals surface area contributed by atoms with Gasteiger partial charge in [0, 0.05) is 22.9 Å². The van der Waals surface area contributed by atoms with E-state index < -0.39 is 0 Å². The summed E-state index contributed by atoms with van der Waals surface area (Å²) in [6, 6.07) is 21.5. The van der Waals surface area contributed by atoms with Crippen LogP contribution in [0.2, 0.25) is 0 Å². The Bertz CT molecular complexity index is 1280. The summed E-state index contributed by atoms with van der Waals surface area (Å²) in [5.74, 6) is 1.52. The fraction of sp³-hybridized carbons (Fsp3) is 0.259. The molecule has 0 unspecified atom stereocenters. The van der Waals surface area contributed by atoms with Gasteiger partial charge < -0.3 is 19.9 Å². The highest BCUT2D eigenvalue weighted by molar-refractivity contribution is 5.92. The van der Waals surface area contributed by atoms with Gasteiger partial charge in [-0.3, -0.25) is 0 Å². The smallest absolute Gasteiger partial charge is 0.319 e. The number of hydrogen-bond donors (Lipinski definition) is 2. The second-order valence-corrected chi connectivity index (χ2v) is 8.86. The van der Waals surface area contributed by atoms with Crippen LogP contribution in [-0.2, 0) is 0 Å². The van der Waals surface area contributed by atoms with Crippen molar-refractivity contribution in [3.63, 3.8) is 0 Å². The predicted molar refractivity (Wildman–Crippen MR) is 129 cm³/mol. The minimum Gasteiger partial charge on any atom is -0.457 e. The van der Waals surface area contributed by atoms with Crippen LogP contribution in [-0.4, -0.2) is 15.6 Å². The number of urea groups is 1. The Labute approximate surface area is 192 Å². The van der Waals surface area contributed by atoms with Crippen molar-refractivity contribution < 1.29 is 9.53 Å². The molecule has 4 aromatic rings. The fourth-order valence-corrected chi connectivity index (χ4v) is 5.12. The zero-order chi connectivity index (χ0) is 22.2. The van der Waals surface area contributed by atoms with E-state index in [0.29, 0.717) is 6.04 Å². The van der Waals surface area contributed by atoms with Crippen LogP contribution in [0.15, 0.2) is 73.1 Å². The molecule has 0 saturated heterocycles. The number of benzene rings is 3. The number of amides is 2. The zero-order valence-electron chi connectivity index (χ0n) is 18.3. The van der Waals surface area contributed by atoms with Gasteiger partial charge in [-0.1, -0.05) is 55.7 Å². The third kappa shape index (κ3) is 3.71. The number of rotatable bonds is 3. The first-order valence-corrected chi connectivity index (χ1v) is 11.7. The molecule has 0 atom stereocenters. The summed E-state index contributed by atoms with van der Waals surface area (Å²) in [4.78, 5) is 17.6. The molecule has 1 aliphatic heterocycles. The van der Waals surface area contributed by atoms with Crippen LogP contribution >= 0.6 is 0 Å². The summed E-state index contributed by atoms with van der Waals surface area (Å²) in [7, 11) is 0. The number of para-hydroxylation sites is 2. The van der Waals surface area contributed by atoms with Gasteiger partial charge in [-0.2, -0.15) is 0 Å². The molecule has 2 amide bonds. The highest BCUT2D eigenvalue weighted by Crippen LogP contribution is 2.42. The van der Waals surface area contributed by atoms with Gasteiger partial charge in [0.2, 0.25) is 0 Å². The van der Waals surface area contributed by atoms with Crippen molar-refractivity contribution in [2.75, 3.05) is 5.32 Å². The maximum absolute atomic E-state index is 13.0. The lowest BCUT2D eigenvalue weighted by Crippen LogP contribution is -2.34. The molecule has 6 nitrogen and oxygen atoms in total. The number of hydrogen-bond acceptors (Lipinski definition) is 3. The number of aromatic nitrogens is 2. The zero-order valence-corrected chi connectivity index (χ0v) is 18.3. The Morgan fingerprint density at radius 2 is 1.61 bits per heavy atom. The van der Waals surface area contributed by atoms with E-state index in [1.54, 1.807) is 0 Å². The molecule has 0 bridgehead atoms. The number of fused-ring (bicyclic) bond motifs is 3. The van der Waals surface area contributed by atoms with E-state index >= 15 is 0 Å². The van der Waals surface area contributed by atoms with Gasteiger partial charge >= 0.3 is 6.03 Å². The summed E-state index contributed by atoms with van der Waals surface area (Å²) in [6.07, 6.45) is 8.25. The number of nitrogens with zero attached hydrogens (tertiary/aromatic N) is 2. The maximum Gasteiger partial charge on any atom is 0.319 e. The lowest BCUT2D eigenvalue weighted by atomic mass is 9.95. The molecule has 166 valence electrons. The summed E-state index contributed by atoms with van der Waals surface area (Å²) < 4.78 is 8.33. The summed E-state index contributed by atoms with van der Waals surface area (Å²) in [6.45, 7) is 0. The quantitative estimate of drug-likeness (QED) is 0.381. The Kier molecular flexibility index (Phi) is 4.98. The summed E-state index contributed by atoms with van der Waals surface area (Å²) in [5.41, 5.74) is 4.63. The molecule has 1 aromatic heterocycles. The molecule has 1 fully saturated rings. The topological polar surface area (TPSA) is 68.2 Å². The van der Waals surface area contributed by atoms with Gasteiger partial charge in [0.1, 0.15) is 11.5 Å². The number of anilines is 1. The number of nitrogens with one attached hydrogen (secondary N) is 2. The first kappa shape index (κ1) is 19.9.